The van der Waals surface area contributed by atoms with Crippen molar-refractivity contribution >= 4 is 11.9 Å². The lowest BCUT2D eigenvalue weighted by Gasteiger charge is -2.25. The van der Waals surface area contributed by atoms with Crippen LogP contribution in [0.25, 0.3) is 0 Å². The molecule has 1 aromatic rings. The van der Waals surface area contributed by atoms with Gasteiger partial charge in [0.15, 0.2) is 0 Å². The number of aliphatic carboxylic acids is 1. The van der Waals surface area contributed by atoms with Gasteiger partial charge in [-0.25, -0.2) is 0 Å². The molecule has 1 saturated heterocycles. The van der Waals surface area contributed by atoms with Crippen LogP contribution >= 0.6 is 0 Å². The molecule has 1 atom stereocenters. The van der Waals surface area contributed by atoms with E-state index in [-0.39, 0.29) is 18.5 Å². The summed E-state index contributed by atoms with van der Waals surface area (Å²) in [5.41, 5.74) is 2.37. The predicted octanol–water partition coefficient (Wildman–Crippen LogP) is 1.84. The standard InChI is InChI=1S/C20H29N3O3/c1-15(20(25)26)23(18-8-9-18)14-19(24)21-12-16-4-6-17(7-5-16)13-22-10-2-3-11-22/h4-7,15,18H,2-3,8-14H2,1H3,(H,21,24)(H,25,26). The van der Waals surface area contributed by atoms with E-state index in [2.05, 4.69) is 34.5 Å². The molecule has 2 fully saturated rings. The second-order valence-electron chi connectivity index (χ2n) is 7.49. The number of carbonyl (C=O) groups excluding carboxylic acids is 1. The molecule has 1 aromatic carbocycles. The van der Waals surface area contributed by atoms with Gasteiger partial charge in [0.25, 0.3) is 0 Å². The molecule has 26 heavy (non-hydrogen) atoms. The van der Waals surface area contributed by atoms with Crippen molar-refractivity contribution < 1.29 is 14.7 Å². The summed E-state index contributed by atoms with van der Waals surface area (Å²) in [7, 11) is 0. The zero-order valence-electron chi connectivity index (χ0n) is 15.5. The maximum absolute atomic E-state index is 12.2. The Hall–Kier alpha value is -1.92. The van der Waals surface area contributed by atoms with E-state index in [9.17, 15) is 14.7 Å². The number of likely N-dealkylation sites (tertiary alicyclic amines) is 1. The van der Waals surface area contributed by atoms with E-state index in [1.165, 1.54) is 31.5 Å². The molecule has 6 nitrogen and oxygen atoms in total. The first-order valence-electron chi connectivity index (χ1n) is 9.58. The van der Waals surface area contributed by atoms with Crippen molar-refractivity contribution in [3.63, 3.8) is 0 Å². The molecule has 3 rings (SSSR count). The molecule has 2 aliphatic rings. The summed E-state index contributed by atoms with van der Waals surface area (Å²) >= 11 is 0. The topological polar surface area (TPSA) is 72.9 Å². The molecule has 0 radical (unpaired) electrons. The monoisotopic (exact) mass is 359 g/mol. The molecule has 0 spiro atoms. The zero-order valence-corrected chi connectivity index (χ0v) is 15.5. The number of carboxylic acid groups (broad SMARTS) is 1. The summed E-state index contributed by atoms with van der Waals surface area (Å²) in [6, 6.07) is 7.98. The van der Waals surface area contributed by atoms with Gasteiger partial charge in [0.2, 0.25) is 5.91 Å². The van der Waals surface area contributed by atoms with E-state index in [1.54, 1.807) is 11.8 Å². The van der Waals surface area contributed by atoms with Crippen molar-refractivity contribution in [3.8, 4) is 0 Å². The van der Waals surface area contributed by atoms with Crippen molar-refractivity contribution in [1.29, 1.82) is 0 Å². The highest BCUT2D eigenvalue weighted by Crippen LogP contribution is 2.28. The van der Waals surface area contributed by atoms with Gasteiger partial charge < -0.3 is 10.4 Å². The van der Waals surface area contributed by atoms with Crippen LogP contribution in [0.2, 0.25) is 0 Å². The molecule has 1 heterocycles. The molecule has 1 unspecified atom stereocenters. The highest BCUT2D eigenvalue weighted by molar-refractivity contribution is 5.80. The Bertz CT molecular complexity index is 622. The number of carbonyl (C=O) groups is 2. The van der Waals surface area contributed by atoms with Gasteiger partial charge in [-0.05, 0) is 56.8 Å². The first kappa shape index (κ1) is 18.9. The Labute approximate surface area is 155 Å². The lowest BCUT2D eigenvalue weighted by molar-refractivity contribution is -0.143. The van der Waals surface area contributed by atoms with E-state index in [1.807, 2.05) is 0 Å². The van der Waals surface area contributed by atoms with Gasteiger partial charge in [0.1, 0.15) is 6.04 Å². The molecule has 0 aromatic heterocycles. The number of rotatable bonds is 9. The highest BCUT2D eigenvalue weighted by Gasteiger charge is 2.36. The van der Waals surface area contributed by atoms with Crippen molar-refractivity contribution in [2.24, 2.45) is 0 Å². The fourth-order valence-corrected chi connectivity index (χ4v) is 3.51. The summed E-state index contributed by atoms with van der Waals surface area (Å²) in [6.07, 6.45) is 4.54. The number of nitrogens with zero attached hydrogens (tertiary/aromatic N) is 2. The number of amides is 1. The van der Waals surface area contributed by atoms with Gasteiger partial charge >= 0.3 is 5.97 Å². The van der Waals surface area contributed by atoms with Crippen molar-refractivity contribution in [1.82, 2.24) is 15.1 Å². The van der Waals surface area contributed by atoms with Crippen molar-refractivity contribution in [3.05, 3.63) is 35.4 Å². The predicted molar refractivity (Wildman–Crippen MR) is 99.6 cm³/mol. The number of benzene rings is 1. The minimum absolute atomic E-state index is 0.119. The summed E-state index contributed by atoms with van der Waals surface area (Å²) in [6.45, 7) is 5.63. The second kappa shape index (κ2) is 8.64. The second-order valence-corrected chi connectivity index (χ2v) is 7.49. The number of hydrogen-bond donors (Lipinski definition) is 2. The van der Waals surface area contributed by atoms with Crippen LogP contribution in [-0.4, -0.2) is 58.5 Å². The van der Waals surface area contributed by atoms with E-state index < -0.39 is 12.0 Å². The van der Waals surface area contributed by atoms with Crippen LogP contribution in [-0.2, 0) is 22.7 Å². The molecule has 1 aliphatic carbocycles. The summed E-state index contributed by atoms with van der Waals surface area (Å²) in [5.74, 6) is -0.996. The molecule has 2 N–H and O–H groups in total. The Morgan fingerprint density at radius 2 is 1.81 bits per heavy atom. The fourth-order valence-electron chi connectivity index (χ4n) is 3.51. The van der Waals surface area contributed by atoms with E-state index in [4.69, 9.17) is 0 Å². The third-order valence-electron chi connectivity index (χ3n) is 5.31. The van der Waals surface area contributed by atoms with Crippen LogP contribution in [0.5, 0.6) is 0 Å². The minimum atomic E-state index is -0.877. The molecule has 0 bridgehead atoms. The van der Waals surface area contributed by atoms with Crippen LogP contribution in [0.1, 0.15) is 43.7 Å². The van der Waals surface area contributed by atoms with Gasteiger partial charge in [0, 0.05) is 19.1 Å². The van der Waals surface area contributed by atoms with Crippen molar-refractivity contribution in [2.45, 2.75) is 57.8 Å². The van der Waals surface area contributed by atoms with E-state index >= 15 is 0 Å². The maximum atomic E-state index is 12.2. The zero-order chi connectivity index (χ0) is 18.5. The van der Waals surface area contributed by atoms with Gasteiger partial charge in [-0.2, -0.15) is 0 Å². The van der Waals surface area contributed by atoms with E-state index in [0.29, 0.717) is 6.54 Å². The molecule has 1 saturated carbocycles. The Balaban J connectivity index is 1.45. The number of carboxylic acids is 1. The largest absolute Gasteiger partial charge is 0.480 e. The van der Waals surface area contributed by atoms with Gasteiger partial charge in [-0.3, -0.25) is 19.4 Å². The highest BCUT2D eigenvalue weighted by atomic mass is 16.4. The maximum Gasteiger partial charge on any atom is 0.320 e. The number of hydrogen-bond acceptors (Lipinski definition) is 4. The first-order chi connectivity index (χ1) is 12.5. The van der Waals surface area contributed by atoms with E-state index in [0.717, 1.165) is 24.9 Å². The molecule has 6 heteroatoms. The van der Waals surface area contributed by atoms with Crippen LogP contribution < -0.4 is 5.32 Å². The van der Waals surface area contributed by atoms with Gasteiger partial charge in [-0.15, -0.1) is 0 Å². The third kappa shape index (κ3) is 5.29. The Morgan fingerprint density at radius 1 is 1.19 bits per heavy atom. The lowest BCUT2D eigenvalue weighted by Crippen LogP contribution is -2.46. The first-order valence-corrected chi connectivity index (χ1v) is 9.58. The lowest BCUT2D eigenvalue weighted by atomic mass is 10.1. The molecular formula is C20H29N3O3. The summed E-state index contributed by atoms with van der Waals surface area (Å²) in [5, 5.41) is 12.1. The number of nitrogens with one attached hydrogen (secondary N) is 1. The van der Waals surface area contributed by atoms with Crippen molar-refractivity contribution in [2.75, 3.05) is 19.6 Å². The summed E-state index contributed by atoms with van der Waals surface area (Å²) < 4.78 is 0. The third-order valence-corrected chi connectivity index (χ3v) is 5.31. The minimum Gasteiger partial charge on any atom is -0.480 e. The summed E-state index contributed by atoms with van der Waals surface area (Å²) in [4.78, 5) is 27.7. The van der Waals surface area contributed by atoms with Crippen LogP contribution in [0.4, 0.5) is 0 Å². The van der Waals surface area contributed by atoms with Gasteiger partial charge in [-0.1, -0.05) is 24.3 Å². The van der Waals surface area contributed by atoms with Crippen LogP contribution in [0.3, 0.4) is 0 Å². The molecule has 1 amide bonds. The quantitative estimate of drug-likeness (QED) is 0.704. The molecule has 142 valence electrons. The molecule has 1 aliphatic heterocycles. The Morgan fingerprint density at radius 3 is 2.38 bits per heavy atom. The normalized spacial score (nSPS) is 18.8. The Kier molecular flexibility index (Phi) is 6.27. The van der Waals surface area contributed by atoms with Gasteiger partial charge in [0.05, 0.1) is 6.54 Å². The average Bonchev–Trinajstić information content (AvgIpc) is 3.35. The smallest absolute Gasteiger partial charge is 0.320 e. The van der Waals surface area contributed by atoms with Crippen LogP contribution in [0, 0.1) is 0 Å². The van der Waals surface area contributed by atoms with Crippen LogP contribution in [0.15, 0.2) is 24.3 Å². The average molecular weight is 359 g/mol. The SMILES string of the molecule is CC(C(=O)O)N(CC(=O)NCc1ccc(CN2CCCC2)cc1)C1CC1. The fraction of sp³-hybridized carbons (Fsp3) is 0.600. The molecular weight excluding hydrogens is 330 g/mol.